The molecule has 5 nitrogen and oxygen atoms in total. The summed E-state index contributed by atoms with van der Waals surface area (Å²) in [5, 5.41) is 2.82. The van der Waals surface area contributed by atoms with Gasteiger partial charge in [0.05, 0.1) is 13.2 Å². The smallest absolute Gasteiger partial charge is 0.331 e. The first-order valence-electron chi connectivity index (χ1n) is 8.89. The zero-order valence-corrected chi connectivity index (χ0v) is 15.9. The number of aryl methyl sites for hydroxylation is 1. The van der Waals surface area contributed by atoms with E-state index >= 15 is 0 Å². The Morgan fingerprint density at radius 2 is 1.74 bits per heavy atom. The highest BCUT2D eigenvalue weighted by Crippen LogP contribution is 2.14. The molecule has 2 aromatic carbocycles. The second-order valence-corrected chi connectivity index (χ2v) is 6.10. The number of rotatable bonds is 8. The number of amides is 1. The van der Waals surface area contributed by atoms with Crippen LogP contribution in [0.5, 0.6) is 5.75 Å². The van der Waals surface area contributed by atoms with E-state index in [2.05, 4.69) is 12.2 Å². The summed E-state index contributed by atoms with van der Waals surface area (Å²) >= 11 is 0. The van der Waals surface area contributed by atoms with E-state index in [0.29, 0.717) is 0 Å². The molecule has 27 heavy (non-hydrogen) atoms. The molecule has 5 heteroatoms. The van der Waals surface area contributed by atoms with Crippen molar-refractivity contribution >= 4 is 18.0 Å². The first-order chi connectivity index (χ1) is 13.0. The van der Waals surface area contributed by atoms with Crippen molar-refractivity contribution in [1.82, 2.24) is 5.32 Å². The molecule has 1 N–H and O–H groups in total. The molecule has 0 saturated carbocycles. The van der Waals surface area contributed by atoms with E-state index in [9.17, 15) is 9.59 Å². The maximum atomic E-state index is 12.0. The van der Waals surface area contributed by atoms with Gasteiger partial charge in [0, 0.05) is 6.08 Å². The van der Waals surface area contributed by atoms with Gasteiger partial charge in [0.2, 0.25) is 0 Å². The minimum absolute atomic E-state index is 0.156. The molecule has 0 fully saturated rings. The summed E-state index contributed by atoms with van der Waals surface area (Å²) in [6.45, 7) is 3.67. The van der Waals surface area contributed by atoms with Crippen molar-refractivity contribution < 1.29 is 19.1 Å². The highest BCUT2D eigenvalue weighted by molar-refractivity contribution is 5.89. The maximum absolute atomic E-state index is 12.0. The van der Waals surface area contributed by atoms with Crippen molar-refractivity contribution in [2.24, 2.45) is 0 Å². The van der Waals surface area contributed by atoms with Gasteiger partial charge >= 0.3 is 5.97 Å². The number of ether oxygens (including phenoxy) is 2. The Morgan fingerprint density at radius 3 is 2.33 bits per heavy atom. The van der Waals surface area contributed by atoms with Crippen LogP contribution in [0.2, 0.25) is 0 Å². The normalized spacial score (nSPS) is 11.8. The van der Waals surface area contributed by atoms with Crippen molar-refractivity contribution in [2.75, 3.05) is 13.7 Å². The van der Waals surface area contributed by atoms with Crippen LogP contribution in [0.25, 0.3) is 6.08 Å². The monoisotopic (exact) mass is 367 g/mol. The van der Waals surface area contributed by atoms with Crippen LogP contribution in [0.15, 0.2) is 54.6 Å². The third kappa shape index (κ3) is 6.62. The Morgan fingerprint density at radius 1 is 1.07 bits per heavy atom. The second kappa shape index (κ2) is 10.2. The quantitative estimate of drug-likeness (QED) is 0.571. The van der Waals surface area contributed by atoms with Crippen molar-refractivity contribution in [1.29, 1.82) is 0 Å². The zero-order valence-electron chi connectivity index (χ0n) is 15.9. The lowest BCUT2D eigenvalue weighted by Crippen LogP contribution is -2.30. The van der Waals surface area contributed by atoms with E-state index in [4.69, 9.17) is 9.47 Å². The minimum atomic E-state index is -0.569. The molecule has 0 unspecified atom stereocenters. The molecule has 0 aliphatic carbocycles. The Bertz CT molecular complexity index is 779. The van der Waals surface area contributed by atoms with E-state index < -0.39 is 5.97 Å². The third-order valence-corrected chi connectivity index (χ3v) is 4.14. The van der Waals surface area contributed by atoms with Gasteiger partial charge in [-0.3, -0.25) is 4.79 Å². The van der Waals surface area contributed by atoms with Crippen LogP contribution in [-0.2, 0) is 20.7 Å². The molecule has 0 radical (unpaired) electrons. The van der Waals surface area contributed by atoms with E-state index in [1.807, 2.05) is 43.3 Å². The number of carbonyl (C=O) groups is 2. The van der Waals surface area contributed by atoms with Crippen LogP contribution in [0, 0.1) is 0 Å². The van der Waals surface area contributed by atoms with Crippen LogP contribution in [0.1, 0.15) is 36.6 Å². The fourth-order valence-electron chi connectivity index (χ4n) is 2.47. The predicted octanol–water partition coefficient (Wildman–Crippen LogP) is 3.69. The van der Waals surface area contributed by atoms with Gasteiger partial charge in [-0.15, -0.1) is 0 Å². The molecule has 0 aliphatic rings. The lowest BCUT2D eigenvalue weighted by Gasteiger charge is -2.14. The summed E-state index contributed by atoms with van der Waals surface area (Å²) < 4.78 is 10.1. The van der Waals surface area contributed by atoms with Gasteiger partial charge < -0.3 is 14.8 Å². The zero-order chi connectivity index (χ0) is 19.6. The second-order valence-electron chi connectivity index (χ2n) is 6.10. The van der Waals surface area contributed by atoms with Crippen LogP contribution in [0.4, 0.5) is 0 Å². The molecule has 0 saturated heterocycles. The lowest BCUT2D eigenvalue weighted by molar-refractivity contribution is -0.144. The SMILES string of the molecule is CCc1ccc([C@@H](C)NC(=O)COC(=O)/C=C/c2ccc(OC)cc2)cc1. The molecular formula is C22H25NO4. The number of nitrogens with one attached hydrogen (secondary N) is 1. The van der Waals surface area contributed by atoms with Gasteiger partial charge in [-0.05, 0) is 48.2 Å². The van der Waals surface area contributed by atoms with E-state index in [-0.39, 0.29) is 18.6 Å². The van der Waals surface area contributed by atoms with Gasteiger partial charge in [-0.2, -0.15) is 0 Å². The maximum Gasteiger partial charge on any atom is 0.331 e. The Balaban J connectivity index is 1.77. The highest BCUT2D eigenvalue weighted by atomic mass is 16.5. The predicted molar refractivity (Wildman–Crippen MR) is 105 cm³/mol. The summed E-state index contributed by atoms with van der Waals surface area (Å²) in [5.41, 5.74) is 3.09. The Hall–Kier alpha value is -3.08. The average molecular weight is 367 g/mol. The molecule has 0 aliphatic heterocycles. The van der Waals surface area contributed by atoms with E-state index in [1.165, 1.54) is 11.6 Å². The molecule has 142 valence electrons. The van der Waals surface area contributed by atoms with Crippen molar-refractivity contribution in [3.8, 4) is 5.75 Å². The molecular weight excluding hydrogens is 342 g/mol. The number of methoxy groups -OCH3 is 1. The lowest BCUT2D eigenvalue weighted by atomic mass is 10.1. The Kier molecular flexibility index (Phi) is 7.62. The first kappa shape index (κ1) is 20.2. The molecule has 1 amide bonds. The highest BCUT2D eigenvalue weighted by Gasteiger charge is 2.11. The Labute approximate surface area is 160 Å². The number of hydrogen-bond donors (Lipinski definition) is 1. The van der Waals surface area contributed by atoms with Crippen LogP contribution in [-0.4, -0.2) is 25.6 Å². The molecule has 1 atom stereocenters. The fourth-order valence-corrected chi connectivity index (χ4v) is 2.47. The number of carbonyl (C=O) groups excluding carboxylic acids is 2. The van der Waals surface area contributed by atoms with Crippen LogP contribution in [0.3, 0.4) is 0 Å². The van der Waals surface area contributed by atoms with Gasteiger partial charge in [-0.1, -0.05) is 43.3 Å². The topological polar surface area (TPSA) is 64.6 Å². The van der Waals surface area contributed by atoms with E-state index in [0.717, 1.165) is 23.3 Å². The van der Waals surface area contributed by atoms with Crippen molar-refractivity contribution in [3.63, 3.8) is 0 Å². The fraction of sp³-hybridized carbons (Fsp3) is 0.273. The largest absolute Gasteiger partial charge is 0.497 e. The van der Waals surface area contributed by atoms with Gasteiger partial charge in [0.25, 0.3) is 5.91 Å². The average Bonchev–Trinajstić information content (AvgIpc) is 2.71. The summed E-state index contributed by atoms with van der Waals surface area (Å²) in [4.78, 5) is 23.7. The standard InChI is InChI=1S/C22H25NO4/c1-4-17-5-10-19(11-6-17)16(2)23-21(24)15-27-22(25)14-9-18-7-12-20(26-3)13-8-18/h5-14,16H,4,15H2,1-3H3,(H,23,24)/b14-9+/t16-/m1/s1. The van der Waals surface area contributed by atoms with Crippen molar-refractivity contribution in [2.45, 2.75) is 26.3 Å². The van der Waals surface area contributed by atoms with E-state index in [1.54, 1.807) is 25.3 Å². The molecule has 0 bridgehead atoms. The van der Waals surface area contributed by atoms with Gasteiger partial charge in [-0.25, -0.2) is 4.79 Å². The summed E-state index contributed by atoms with van der Waals surface area (Å²) in [6, 6.07) is 15.2. The van der Waals surface area contributed by atoms with Gasteiger partial charge in [0.1, 0.15) is 5.75 Å². The molecule has 0 aromatic heterocycles. The summed E-state index contributed by atoms with van der Waals surface area (Å²) in [5.74, 6) is -0.168. The number of hydrogen-bond acceptors (Lipinski definition) is 4. The van der Waals surface area contributed by atoms with Crippen molar-refractivity contribution in [3.05, 3.63) is 71.3 Å². The van der Waals surface area contributed by atoms with Gasteiger partial charge in [0.15, 0.2) is 6.61 Å². The minimum Gasteiger partial charge on any atom is -0.497 e. The molecule has 2 rings (SSSR count). The molecule has 0 heterocycles. The summed E-state index contributed by atoms with van der Waals surface area (Å²) in [6.07, 6.45) is 3.89. The molecule has 0 spiro atoms. The third-order valence-electron chi connectivity index (χ3n) is 4.14. The molecule has 2 aromatic rings. The van der Waals surface area contributed by atoms with Crippen LogP contribution >= 0.6 is 0 Å². The first-order valence-corrected chi connectivity index (χ1v) is 8.89. The number of benzene rings is 2. The number of esters is 1. The summed E-state index contributed by atoms with van der Waals surface area (Å²) in [7, 11) is 1.59. The van der Waals surface area contributed by atoms with Crippen LogP contribution < -0.4 is 10.1 Å².